The summed E-state index contributed by atoms with van der Waals surface area (Å²) in [6.07, 6.45) is 9.78. The van der Waals surface area contributed by atoms with Gasteiger partial charge in [0.1, 0.15) is 10.8 Å². The number of hydrogen-bond donors (Lipinski definition) is 1. The number of thiazole rings is 1. The van der Waals surface area contributed by atoms with Crippen molar-refractivity contribution in [3.8, 4) is 0 Å². The molecular formula is C23H28FN3OS. The SMILES string of the molecule is O=C1NCC(c2ccc(F)cc2)C12CCN(C1(c3nccs3)CCCCC1)CC2. The summed E-state index contributed by atoms with van der Waals surface area (Å²) in [7, 11) is 0. The van der Waals surface area contributed by atoms with Gasteiger partial charge in [-0.2, -0.15) is 0 Å². The van der Waals surface area contributed by atoms with Crippen molar-refractivity contribution < 1.29 is 9.18 Å². The van der Waals surface area contributed by atoms with Crippen molar-refractivity contribution in [2.24, 2.45) is 5.41 Å². The average Bonchev–Trinajstić information content (AvgIpc) is 3.40. The van der Waals surface area contributed by atoms with E-state index in [1.165, 1.54) is 49.2 Å². The monoisotopic (exact) mass is 413 g/mol. The van der Waals surface area contributed by atoms with Gasteiger partial charge >= 0.3 is 0 Å². The Hall–Kier alpha value is -1.79. The zero-order valence-corrected chi connectivity index (χ0v) is 17.5. The lowest BCUT2D eigenvalue weighted by Gasteiger charge is -2.50. The van der Waals surface area contributed by atoms with Gasteiger partial charge in [0.15, 0.2) is 0 Å². The van der Waals surface area contributed by atoms with Gasteiger partial charge in [-0.15, -0.1) is 11.3 Å². The Balaban J connectivity index is 1.40. The second-order valence-electron chi connectivity index (χ2n) is 8.89. The minimum absolute atomic E-state index is 0.0501. The molecule has 1 saturated carbocycles. The average molecular weight is 414 g/mol. The molecule has 1 amide bonds. The van der Waals surface area contributed by atoms with Gasteiger partial charge in [-0.1, -0.05) is 31.4 Å². The molecule has 29 heavy (non-hydrogen) atoms. The molecule has 2 aromatic rings. The van der Waals surface area contributed by atoms with Crippen molar-refractivity contribution >= 4 is 17.2 Å². The lowest BCUT2D eigenvalue weighted by Crippen LogP contribution is -2.54. The normalized spacial score (nSPS) is 26.5. The van der Waals surface area contributed by atoms with Crippen LogP contribution in [0.3, 0.4) is 0 Å². The first-order valence-electron chi connectivity index (χ1n) is 10.8. The van der Waals surface area contributed by atoms with Gasteiger partial charge in [0.2, 0.25) is 5.91 Å². The fraction of sp³-hybridized carbons (Fsp3) is 0.565. The van der Waals surface area contributed by atoms with Gasteiger partial charge in [0.25, 0.3) is 0 Å². The Bertz CT molecular complexity index is 853. The van der Waals surface area contributed by atoms with E-state index in [-0.39, 0.29) is 28.6 Å². The number of piperidine rings is 1. The van der Waals surface area contributed by atoms with Crippen molar-refractivity contribution in [2.45, 2.75) is 56.4 Å². The first-order chi connectivity index (χ1) is 14.1. The number of rotatable bonds is 3. The summed E-state index contributed by atoms with van der Waals surface area (Å²) in [5.74, 6) is 0.0796. The van der Waals surface area contributed by atoms with E-state index >= 15 is 0 Å². The fourth-order valence-electron chi connectivity index (χ4n) is 6.02. The molecule has 1 atom stereocenters. The molecule has 0 radical (unpaired) electrons. The molecule has 6 heteroatoms. The lowest BCUT2D eigenvalue weighted by atomic mass is 9.66. The van der Waals surface area contributed by atoms with E-state index in [1.54, 1.807) is 11.3 Å². The van der Waals surface area contributed by atoms with E-state index in [2.05, 4.69) is 15.6 Å². The van der Waals surface area contributed by atoms with E-state index < -0.39 is 0 Å². The van der Waals surface area contributed by atoms with Crippen LogP contribution in [0.4, 0.5) is 4.39 Å². The van der Waals surface area contributed by atoms with Crippen LogP contribution >= 0.6 is 11.3 Å². The first-order valence-corrected chi connectivity index (χ1v) is 11.7. The number of amides is 1. The molecule has 1 aromatic heterocycles. The maximum absolute atomic E-state index is 13.4. The zero-order valence-electron chi connectivity index (χ0n) is 16.7. The standard InChI is InChI=1S/C23H28FN3OS/c24-18-6-4-17(5-7-18)19-16-26-20(28)22(19)10-13-27(14-11-22)23(8-2-1-3-9-23)21-25-12-15-29-21/h4-7,12,15,19H,1-3,8-11,13-14,16H2,(H,26,28). The Morgan fingerprint density at radius 1 is 1.07 bits per heavy atom. The van der Waals surface area contributed by atoms with Crippen molar-refractivity contribution in [2.75, 3.05) is 19.6 Å². The van der Waals surface area contributed by atoms with E-state index in [0.717, 1.165) is 31.5 Å². The number of hydrogen-bond acceptors (Lipinski definition) is 4. The molecule has 0 bridgehead atoms. The highest BCUT2D eigenvalue weighted by Gasteiger charge is 2.54. The summed E-state index contributed by atoms with van der Waals surface area (Å²) in [5, 5.41) is 6.45. The van der Waals surface area contributed by atoms with E-state index in [1.807, 2.05) is 18.3 Å². The minimum Gasteiger partial charge on any atom is -0.355 e. The lowest BCUT2D eigenvalue weighted by molar-refractivity contribution is -0.132. The largest absolute Gasteiger partial charge is 0.355 e. The fourth-order valence-corrected chi connectivity index (χ4v) is 6.95. The third kappa shape index (κ3) is 3.12. The van der Waals surface area contributed by atoms with Gasteiger partial charge in [-0.25, -0.2) is 9.37 Å². The van der Waals surface area contributed by atoms with Gasteiger partial charge in [-0.3, -0.25) is 9.69 Å². The Labute approximate surface area is 175 Å². The molecule has 1 aromatic carbocycles. The summed E-state index contributed by atoms with van der Waals surface area (Å²) in [6.45, 7) is 2.50. The van der Waals surface area contributed by atoms with Crippen LogP contribution in [0.5, 0.6) is 0 Å². The molecule has 1 N–H and O–H groups in total. The molecular weight excluding hydrogens is 385 g/mol. The van der Waals surface area contributed by atoms with E-state index in [0.29, 0.717) is 6.54 Å². The first kappa shape index (κ1) is 19.2. The molecule has 1 aliphatic carbocycles. The number of halogens is 1. The quantitative estimate of drug-likeness (QED) is 0.809. The van der Waals surface area contributed by atoms with Gasteiger partial charge in [0, 0.05) is 37.1 Å². The number of carbonyl (C=O) groups excluding carboxylic acids is 1. The molecule has 1 spiro atoms. The molecule has 3 fully saturated rings. The maximum Gasteiger partial charge on any atom is 0.227 e. The van der Waals surface area contributed by atoms with Crippen LogP contribution in [0, 0.1) is 11.2 Å². The van der Waals surface area contributed by atoms with Gasteiger partial charge < -0.3 is 5.32 Å². The van der Waals surface area contributed by atoms with Crippen LogP contribution in [0.1, 0.15) is 61.4 Å². The van der Waals surface area contributed by atoms with Gasteiger partial charge in [0.05, 0.1) is 11.0 Å². The molecule has 1 unspecified atom stereocenters. The molecule has 3 aliphatic rings. The van der Waals surface area contributed by atoms with Crippen molar-refractivity contribution in [1.29, 1.82) is 0 Å². The third-order valence-corrected chi connectivity index (χ3v) is 8.60. The summed E-state index contributed by atoms with van der Waals surface area (Å²) in [6, 6.07) is 6.74. The van der Waals surface area contributed by atoms with Crippen LogP contribution in [-0.2, 0) is 10.3 Å². The number of nitrogens with zero attached hydrogens (tertiary/aromatic N) is 2. The highest BCUT2D eigenvalue weighted by molar-refractivity contribution is 7.09. The van der Waals surface area contributed by atoms with Crippen LogP contribution < -0.4 is 5.32 Å². The van der Waals surface area contributed by atoms with E-state index in [9.17, 15) is 9.18 Å². The van der Waals surface area contributed by atoms with Crippen molar-refractivity contribution in [3.63, 3.8) is 0 Å². The second-order valence-corrected chi connectivity index (χ2v) is 9.78. The number of benzene rings is 1. The molecule has 3 heterocycles. The smallest absolute Gasteiger partial charge is 0.227 e. The number of carbonyl (C=O) groups is 1. The molecule has 5 rings (SSSR count). The highest BCUT2D eigenvalue weighted by Crippen LogP contribution is 2.51. The van der Waals surface area contributed by atoms with Crippen LogP contribution in [0.25, 0.3) is 0 Å². The topological polar surface area (TPSA) is 45.2 Å². The molecule has 2 aliphatic heterocycles. The Kier molecular flexibility index (Phi) is 4.95. The maximum atomic E-state index is 13.4. The van der Waals surface area contributed by atoms with Crippen molar-refractivity contribution in [1.82, 2.24) is 15.2 Å². The Morgan fingerprint density at radius 2 is 1.79 bits per heavy atom. The molecule has 4 nitrogen and oxygen atoms in total. The van der Waals surface area contributed by atoms with Crippen LogP contribution in [-0.4, -0.2) is 35.4 Å². The Morgan fingerprint density at radius 3 is 2.45 bits per heavy atom. The second kappa shape index (κ2) is 7.47. The minimum atomic E-state index is -0.368. The van der Waals surface area contributed by atoms with Crippen molar-refractivity contribution in [3.05, 3.63) is 52.2 Å². The summed E-state index contributed by atoms with van der Waals surface area (Å²) in [5.41, 5.74) is 0.757. The van der Waals surface area contributed by atoms with E-state index in [4.69, 9.17) is 4.98 Å². The summed E-state index contributed by atoms with van der Waals surface area (Å²) >= 11 is 1.78. The third-order valence-electron chi connectivity index (χ3n) is 7.63. The predicted molar refractivity (Wildman–Crippen MR) is 112 cm³/mol. The van der Waals surface area contributed by atoms with Crippen LogP contribution in [0.15, 0.2) is 35.8 Å². The molecule has 2 saturated heterocycles. The highest BCUT2D eigenvalue weighted by atomic mass is 32.1. The summed E-state index contributed by atoms with van der Waals surface area (Å²) in [4.78, 5) is 20.3. The number of nitrogens with one attached hydrogen (secondary N) is 1. The number of aromatic nitrogens is 1. The zero-order chi connectivity index (χ0) is 19.9. The predicted octanol–water partition coefficient (Wildman–Crippen LogP) is 4.44. The summed E-state index contributed by atoms with van der Waals surface area (Å²) < 4.78 is 13.4. The van der Waals surface area contributed by atoms with Gasteiger partial charge in [-0.05, 0) is 43.4 Å². The number of likely N-dealkylation sites (tertiary alicyclic amines) is 1. The van der Waals surface area contributed by atoms with Crippen LogP contribution in [0.2, 0.25) is 0 Å². The molecule has 154 valence electrons.